The predicted octanol–water partition coefficient (Wildman–Crippen LogP) is 8.40. The number of non-ortho nitro benzene ring substituents is 1. The highest BCUT2D eigenvalue weighted by Gasteiger charge is 2.31. The molecule has 0 aromatic heterocycles. The third-order valence-corrected chi connectivity index (χ3v) is 13.3. The Kier molecular flexibility index (Phi) is 12.2. The molecule has 2 heterocycles. The first kappa shape index (κ1) is 44.5. The number of carboxylic acid groups (broad SMARTS) is 2. The van der Waals surface area contributed by atoms with Crippen LogP contribution in [-0.4, -0.2) is 21.8 Å². The van der Waals surface area contributed by atoms with Crippen LogP contribution in [0.1, 0.15) is 20.7 Å². The number of halogens is 6. The van der Waals surface area contributed by atoms with E-state index in [1.54, 1.807) is 30.3 Å². The topological polar surface area (TPSA) is 273 Å². The van der Waals surface area contributed by atoms with Gasteiger partial charge in [-0.1, -0.05) is 70.2 Å². The van der Waals surface area contributed by atoms with E-state index < -0.39 is 44.3 Å². The van der Waals surface area contributed by atoms with E-state index >= 15 is 0 Å². The third kappa shape index (κ3) is 7.46. The maximum atomic E-state index is 12.5. The summed E-state index contributed by atoms with van der Waals surface area (Å²) in [7, 11) is 0. The number of nitrogens with zero attached hydrogens (tertiary/aromatic N) is 2. The molecule has 16 nitrogen and oxygen atoms in total. The Morgan fingerprint density at radius 2 is 0.952 bits per heavy atom. The molecule has 4 aromatic rings. The fourth-order valence-electron chi connectivity index (χ4n) is 6.62. The fraction of sp³-hybridized carbons (Fsp3) is 0. The number of benzene rings is 6. The Balaban J connectivity index is 0.000000188. The number of rotatable bonds is 6. The van der Waals surface area contributed by atoms with Gasteiger partial charge in [-0.2, -0.15) is 0 Å². The predicted molar refractivity (Wildman–Crippen MR) is 236 cm³/mol. The van der Waals surface area contributed by atoms with Gasteiger partial charge in [-0.05, 0) is 109 Å². The first-order valence-electron chi connectivity index (χ1n) is 16.7. The number of carbonyl (C=O) groups is 2. The number of hydrogen-bond donors (Lipinski definition) is 0. The van der Waals surface area contributed by atoms with Gasteiger partial charge < -0.3 is 38.8 Å². The van der Waals surface area contributed by atoms with Crippen LogP contribution in [-0.2, 0) is 0 Å². The fourth-order valence-corrected chi connectivity index (χ4v) is 10.0. The number of nitro groups is 2. The largest absolute Gasteiger partial charge is 0.871 e. The minimum Gasteiger partial charge on any atom is -0.871 e. The summed E-state index contributed by atoms with van der Waals surface area (Å²) in [6.07, 6.45) is 0. The molecule has 0 unspecified atom stereocenters. The minimum absolute atomic E-state index is 0.0250. The molecule has 312 valence electrons. The highest BCUT2D eigenvalue weighted by molar-refractivity contribution is 9.11. The molecule has 0 amide bonds. The summed E-state index contributed by atoms with van der Waals surface area (Å²) < 4.78 is 11.8. The van der Waals surface area contributed by atoms with Crippen LogP contribution in [0.2, 0.25) is 0 Å². The van der Waals surface area contributed by atoms with E-state index in [4.69, 9.17) is 8.83 Å². The van der Waals surface area contributed by atoms with Crippen molar-refractivity contribution in [3.05, 3.63) is 151 Å². The number of aromatic carboxylic acids is 2. The summed E-state index contributed by atoms with van der Waals surface area (Å²) in [6.45, 7) is 0. The van der Waals surface area contributed by atoms with E-state index in [-0.39, 0.29) is 93.9 Å². The van der Waals surface area contributed by atoms with Crippen LogP contribution in [0.3, 0.4) is 0 Å². The molecule has 4 aromatic carbocycles. The summed E-state index contributed by atoms with van der Waals surface area (Å²) in [5, 5.41) is 71.7. The standard InChI is InChI=1S/C20H8Br4O5.C20H8Br2N2O9/c21-11-5-9-13(7-3-1-2-4-8(7)20(27)28)10-6-12(22)17(26)15(24)19(10)29-18(9)14(23)16(11)25;21-14-16(25)11(23(29)30)5-9-13(7-3-1-2-4-8(7)20(27)28)10-6-12(24(31)32)17(26)15(22)19(10)33-18(9)14/h1-6,25H,(H,27,28);1-6,25H,(H,27,28)/p-4. The normalized spacial score (nSPS) is 11.2. The van der Waals surface area contributed by atoms with Gasteiger partial charge in [-0.25, -0.2) is 0 Å². The second kappa shape index (κ2) is 17.0. The van der Waals surface area contributed by atoms with Gasteiger partial charge in [0.15, 0.2) is 11.5 Å². The Morgan fingerprint density at radius 3 is 1.44 bits per heavy atom. The van der Waals surface area contributed by atoms with Crippen molar-refractivity contribution >= 4 is 141 Å². The highest BCUT2D eigenvalue weighted by atomic mass is 79.9. The lowest BCUT2D eigenvalue weighted by atomic mass is 9.90. The van der Waals surface area contributed by atoms with E-state index in [0.717, 1.165) is 12.1 Å². The summed E-state index contributed by atoms with van der Waals surface area (Å²) in [6, 6.07) is 16.7. The Labute approximate surface area is 394 Å². The smallest absolute Gasteiger partial charge is 0.318 e. The van der Waals surface area contributed by atoms with Crippen LogP contribution in [0.25, 0.3) is 66.8 Å². The quantitative estimate of drug-likeness (QED) is 0.0859. The lowest BCUT2D eigenvalue weighted by molar-refractivity contribution is -0.398. The van der Waals surface area contributed by atoms with Crippen molar-refractivity contribution in [2.24, 2.45) is 0 Å². The average molecular weight is 1220 g/mol. The molecular formula is C40H12Br6N2O14-4. The number of hydrogen-bond acceptors (Lipinski definition) is 14. The van der Waals surface area contributed by atoms with E-state index in [1.165, 1.54) is 30.3 Å². The molecule has 2 aliphatic carbocycles. The summed E-state index contributed by atoms with van der Waals surface area (Å²) >= 11 is 19.0. The van der Waals surface area contributed by atoms with Gasteiger partial charge in [0.2, 0.25) is 5.43 Å². The highest BCUT2D eigenvalue weighted by Crippen LogP contribution is 2.51. The van der Waals surface area contributed by atoms with Crippen molar-refractivity contribution in [2.45, 2.75) is 0 Å². The molecule has 62 heavy (non-hydrogen) atoms. The number of fused-ring (bicyclic) bond motifs is 4. The molecule has 0 spiro atoms. The van der Waals surface area contributed by atoms with Crippen molar-refractivity contribution in [2.75, 3.05) is 0 Å². The van der Waals surface area contributed by atoms with Crippen LogP contribution in [0.15, 0.2) is 118 Å². The van der Waals surface area contributed by atoms with Crippen molar-refractivity contribution in [3.63, 3.8) is 0 Å². The van der Waals surface area contributed by atoms with Gasteiger partial charge in [0, 0.05) is 60.8 Å². The van der Waals surface area contributed by atoms with Gasteiger partial charge in [0.05, 0.1) is 35.2 Å². The second-order valence-electron chi connectivity index (χ2n) is 12.7. The number of carbonyl (C=O) groups excluding carboxylic acids is 2. The zero-order valence-electron chi connectivity index (χ0n) is 29.8. The van der Waals surface area contributed by atoms with Gasteiger partial charge >= 0.3 is 5.69 Å². The zero-order chi connectivity index (χ0) is 45.2. The SMILES string of the molecule is O=C([O-])c1ccccc1-c1c2cc(Br)c(=O)c(Br)c-2oc2c(Br)c([O-])c(Br)cc12.O=C([O-])c1ccccc1-c1c2cc([N+](=O)[O-])c(=O)c(Br)c-2oc2c(Br)c([O-])c([N+](=O)[O-])cc12. The van der Waals surface area contributed by atoms with Gasteiger partial charge in [0.1, 0.15) is 20.1 Å². The molecule has 0 saturated heterocycles. The van der Waals surface area contributed by atoms with E-state index in [2.05, 4.69) is 95.6 Å². The van der Waals surface area contributed by atoms with Crippen LogP contribution in [0.4, 0.5) is 11.4 Å². The van der Waals surface area contributed by atoms with Crippen molar-refractivity contribution < 1.29 is 48.7 Å². The number of carboxylic acids is 2. The van der Waals surface area contributed by atoms with E-state index in [0.29, 0.717) is 22.1 Å². The monoisotopic (exact) mass is 1220 g/mol. The minimum atomic E-state index is -1.59. The lowest BCUT2D eigenvalue weighted by Crippen LogP contribution is -2.23. The van der Waals surface area contributed by atoms with Crippen molar-refractivity contribution in [1.29, 1.82) is 0 Å². The molecule has 4 aliphatic rings. The molecule has 22 heteroatoms. The van der Waals surface area contributed by atoms with Crippen LogP contribution in [0, 0.1) is 20.2 Å². The Morgan fingerprint density at radius 1 is 0.516 bits per heavy atom. The molecule has 0 N–H and O–H groups in total. The molecule has 0 bridgehead atoms. The molecule has 0 radical (unpaired) electrons. The van der Waals surface area contributed by atoms with E-state index in [9.17, 15) is 59.8 Å². The van der Waals surface area contributed by atoms with Gasteiger partial charge in [-0.15, -0.1) is 0 Å². The van der Waals surface area contributed by atoms with Gasteiger partial charge in [0.25, 0.3) is 11.1 Å². The number of nitro benzene ring substituents is 2. The first-order valence-corrected chi connectivity index (χ1v) is 21.5. The molecular weight excluding hydrogens is 1210 g/mol. The van der Waals surface area contributed by atoms with Gasteiger partial charge in [-0.3, -0.25) is 29.8 Å². The summed E-state index contributed by atoms with van der Waals surface area (Å²) in [5.74, 6) is -4.33. The third-order valence-electron chi connectivity index (χ3n) is 9.29. The second-order valence-corrected chi connectivity index (χ2v) is 17.6. The maximum absolute atomic E-state index is 12.5. The first-order chi connectivity index (χ1) is 29.3. The molecule has 2 aliphatic heterocycles. The molecule has 0 saturated carbocycles. The van der Waals surface area contributed by atoms with Crippen LogP contribution in [0.5, 0.6) is 11.5 Å². The Bertz CT molecular complexity index is 3370. The zero-order valence-corrected chi connectivity index (χ0v) is 39.3. The van der Waals surface area contributed by atoms with E-state index in [1.807, 2.05) is 0 Å². The summed E-state index contributed by atoms with van der Waals surface area (Å²) in [5.41, 5.74) is -2.25. The van der Waals surface area contributed by atoms with Crippen LogP contribution >= 0.6 is 95.6 Å². The average Bonchev–Trinajstić information content (AvgIpc) is 3.23. The lowest BCUT2D eigenvalue weighted by Gasteiger charge is -2.22. The van der Waals surface area contributed by atoms with Crippen molar-refractivity contribution in [3.8, 4) is 56.4 Å². The van der Waals surface area contributed by atoms with Crippen LogP contribution < -0.4 is 31.3 Å². The molecule has 8 rings (SSSR count). The van der Waals surface area contributed by atoms with Crippen molar-refractivity contribution in [1.82, 2.24) is 0 Å². The molecule has 0 fully saturated rings. The molecule has 0 atom stereocenters. The Hall–Kier alpha value is -5.52. The maximum Gasteiger partial charge on any atom is 0.318 e. The summed E-state index contributed by atoms with van der Waals surface area (Å²) in [4.78, 5) is 69.5.